The molecule has 0 aromatic rings. The van der Waals surface area contributed by atoms with Gasteiger partial charge < -0.3 is 0 Å². The quantitative estimate of drug-likeness (QED) is 0.575. The van der Waals surface area contributed by atoms with E-state index in [2.05, 4.69) is 30.6 Å². The van der Waals surface area contributed by atoms with Crippen molar-refractivity contribution >= 4 is 11.8 Å². The standard InChI is InChI=1S/C10H11NS/c1-7-8-3-2-4-10(12-6-11)9(7)5-8/h2-4,7-9H,5H2,1H3. The van der Waals surface area contributed by atoms with Crippen LogP contribution >= 0.6 is 11.8 Å². The zero-order valence-electron chi connectivity index (χ0n) is 7.03. The molecule has 0 spiro atoms. The molecule has 3 aliphatic carbocycles. The molecule has 0 aromatic heterocycles. The van der Waals surface area contributed by atoms with E-state index in [1.807, 2.05) is 0 Å². The first-order valence-electron chi connectivity index (χ1n) is 4.27. The minimum absolute atomic E-state index is 0.662. The van der Waals surface area contributed by atoms with Gasteiger partial charge in [-0.05, 0) is 35.9 Å². The Kier molecular flexibility index (Phi) is 1.98. The molecule has 0 radical (unpaired) electrons. The molecule has 0 saturated heterocycles. The molecule has 3 aliphatic rings. The summed E-state index contributed by atoms with van der Waals surface area (Å²) in [5.41, 5.74) is 0. The number of thioether (sulfide) groups is 1. The summed E-state index contributed by atoms with van der Waals surface area (Å²) in [5, 5.41) is 10.7. The van der Waals surface area contributed by atoms with Gasteiger partial charge in [0.1, 0.15) is 5.40 Å². The molecule has 1 nitrogen and oxygen atoms in total. The van der Waals surface area contributed by atoms with Gasteiger partial charge in [0, 0.05) is 4.91 Å². The maximum atomic E-state index is 8.58. The van der Waals surface area contributed by atoms with Crippen molar-refractivity contribution in [1.29, 1.82) is 5.26 Å². The number of thiocyanates is 1. The van der Waals surface area contributed by atoms with Crippen molar-refractivity contribution in [2.24, 2.45) is 17.8 Å². The first kappa shape index (κ1) is 7.94. The van der Waals surface area contributed by atoms with E-state index in [-0.39, 0.29) is 0 Å². The van der Waals surface area contributed by atoms with E-state index in [1.165, 1.54) is 23.1 Å². The van der Waals surface area contributed by atoms with Crippen molar-refractivity contribution < 1.29 is 0 Å². The van der Waals surface area contributed by atoms with Gasteiger partial charge >= 0.3 is 0 Å². The highest BCUT2D eigenvalue weighted by molar-refractivity contribution is 8.07. The lowest BCUT2D eigenvalue weighted by Crippen LogP contribution is -2.32. The minimum Gasteiger partial charge on any atom is -0.185 e. The Hall–Kier alpha value is -0.680. The van der Waals surface area contributed by atoms with Crippen molar-refractivity contribution in [2.45, 2.75) is 13.3 Å². The normalized spacial score (nSPS) is 37.7. The Balaban J connectivity index is 2.19. The Morgan fingerprint density at radius 2 is 2.50 bits per heavy atom. The van der Waals surface area contributed by atoms with E-state index < -0.39 is 0 Å². The summed E-state index contributed by atoms with van der Waals surface area (Å²) in [5.74, 6) is 2.17. The summed E-state index contributed by atoms with van der Waals surface area (Å²) >= 11 is 1.33. The molecule has 3 atom stereocenters. The highest BCUT2D eigenvalue weighted by Crippen LogP contribution is 2.49. The second-order valence-corrected chi connectivity index (χ2v) is 4.37. The van der Waals surface area contributed by atoms with Gasteiger partial charge in [-0.1, -0.05) is 25.2 Å². The predicted octanol–water partition coefficient (Wildman–Crippen LogP) is 2.93. The molecule has 0 aliphatic heterocycles. The van der Waals surface area contributed by atoms with Gasteiger partial charge in [0.05, 0.1) is 0 Å². The van der Waals surface area contributed by atoms with Crippen LogP contribution in [0.3, 0.4) is 0 Å². The summed E-state index contributed by atoms with van der Waals surface area (Å²) < 4.78 is 0. The van der Waals surface area contributed by atoms with Gasteiger partial charge in [-0.2, -0.15) is 5.26 Å². The second kappa shape index (κ2) is 2.99. The molecule has 2 bridgehead atoms. The summed E-state index contributed by atoms with van der Waals surface area (Å²) in [4.78, 5) is 1.26. The highest BCUT2D eigenvalue weighted by atomic mass is 32.2. The van der Waals surface area contributed by atoms with Gasteiger partial charge in [0.2, 0.25) is 0 Å². The van der Waals surface area contributed by atoms with E-state index in [0.29, 0.717) is 5.92 Å². The van der Waals surface area contributed by atoms with E-state index in [4.69, 9.17) is 5.26 Å². The van der Waals surface area contributed by atoms with Crippen molar-refractivity contribution in [3.8, 4) is 5.40 Å². The van der Waals surface area contributed by atoms with Crippen LogP contribution in [0.15, 0.2) is 23.1 Å². The number of allylic oxidation sites excluding steroid dienone is 4. The lowest BCUT2D eigenvalue weighted by atomic mass is 9.66. The topological polar surface area (TPSA) is 23.8 Å². The average molecular weight is 177 g/mol. The summed E-state index contributed by atoms with van der Waals surface area (Å²) in [6.07, 6.45) is 7.72. The molecule has 0 N–H and O–H groups in total. The summed E-state index contributed by atoms with van der Waals surface area (Å²) in [7, 11) is 0. The molecule has 1 fully saturated rings. The Morgan fingerprint density at radius 3 is 3.17 bits per heavy atom. The third-order valence-corrected chi connectivity index (χ3v) is 3.75. The summed E-state index contributed by atoms with van der Waals surface area (Å²) in [6.45, 7) is 2.28. The molecule has 3 unspecified atom stereocenters. The fourth-order valence-corrected chi connectivity index (χ4v) is 2.75. The van der Waals surface area contributed by atoms with E-state index >= 15 is 0 Å². The lowest BCUT2D eigenvalue weighted by molar-refractivity contribution is 0.171. The Morgan fingerprint density at radius 1 is 1.67 bits per heavy atom. The van der Waals surface area contributed by atoms with Crippen LogP contribution in [0.1, 0.15) is 13.3 Å². The third-order valence-electron chi connectivity index (χ3n) is 2.98. The number of rotatable bonds is 1. The number of nitrogens with zero attached hydrogens (tertiary/aromatic N) is 1. The maximum absolute atomic E-state index is 8.58. The predicted molar refractivity (Wildman–Crippen MR) is 51.2 cm³/mol. The SMILES string of the molecule is CC1C2C=CC=C(SC#N)C1C2. The zero-order chi connectivity index (χ0) is 8.55. The monoisotopic (exact) mass is 177 g/mol. The number of hydrogen-bond donors (Lipinski definition) is 0. The smallest absolute Gasteiger partial charge is 0.138 e. The number of nitriles is 1. The molecule has 62 valence electrons. The average Bonchev–Trinajstić information content (AvgIpc) is 2.35. The van der Waals surface area contributed by atoms with Gasteiger partial charge in [-0.25, -0.2) is 0 Å². The van der Waals surface area contributed by atoms with E-state index in [9.17, 15) is 0 Å². The van der Waals surface area contributed by atoms with Crippen molar-refractivity contribution in [1.82, 2.24) is 0 Å². The highest BCUT2D eigenvalue weighted by Gasteiger charge is 2.39. The van der Waals surface area contributed by atoms with E-state index in [1.54, 1.807) is 0 Å². The fraction of sp³-hybridized carbons (Fsp3) is 0.500. The van der Waals surface area contributed by atoms with Crippen molar-refractivity contribution in [3.63, 3.8) is 0 Å². The largest absolute Gasteiger partial charge is 0.185 e. The number of hydrogen-bond acceptors (Lipinski definition) is 2. The van der Waals surface area contributed by atoms with Crippen LogP contribution < -0.4 is 0 Å². The molecular weight excluding hydrogens is 166 g/mol. The van der Waals surface area contributed by atoms with E-state index in [0.717, 1.165) is 11.8 Å². The molecule has 2 heteroatoms. The van der Waals surface area contributed by atoms with Gasteiger partial charge in [-0.15, -0.1) is 0 Å². The lowest BCUT2D eigenvalue weighted by Gasteiger charge is -2.40. The molecule has 0 amide bonds. The molecule has 0 aromatic carbocycles. The first-order chi connectivity index (χ1) is 5.83. The van der Waals surface area contributed by atoms with Crippen LogP contribution in [-0.2, 0) is 0 Å². The van der Waals surface area contributed by atoms with Gasteiger partial charge in [0.25, 0.3) is 0 Å². The zero-order valence-corrected chi connectivity index (χ0v) is 7.84. The fourth-order valence-electron chi connectivity index (χ4n) is 2.03. The first-order valence-corrected chi connectivity index (χ1v) is 5.09. The number of fused-ring (bicyclic) bond motifs is 1. The second-order valence-electron chi connectivity index (χ2n) is 3.51. The summed E-state index contributed by atoms with van der Waals surface area (Å²) in [6, 6.07) is 0. The van der Waals surface area contributed by atoms with Gasteiger partial charge in [0.15, 0.2) is 0 Å². The molecular formula is C10H11NS. The Labute approximate surface area is 77.1 Å². The van der Waals surface area contributed by atoms with Crippen LogP contribution in [-0.4, -0.2) is 0 Å². The van der Waals surface area contributed by atoms with Crippen LogP contribution in [0, 0.1) is 28.4 Å². The molecule has 1 saturated carbocycles. The minimum atomic E-state index is 0.662. The van der Waals surface area contributed by atoms with Crippen molar-refractivity contribution in [3.05, 3.63) is 23.1 Å². The molecule has 0 heterocycles. The Bertz CT molecular complexity index is 285. The molecule has 12 heavy (non-hydrogen) atoms. The maximum Gasteiger partial charge on any atom is 0.138 e. The third kappa shape index (κ3) is 1.09. The van der Waals surface area contributed by atoms with Crippen LogP contribution in [0.25, 0.3) is 0 Å². The van der Waals surface area contributed by atoms with Gasteiger partial charge in [-0.3, -0.25) is 0 Å². The van der Waals surface area contributed by atoms with Crippen molar-refractivity contribution in [2.75, 3.05) is 0 Å². The van der Waals surface area contributed by atoms with Crippen LogP contribution in [0.2, 0.25) is 0 Å². The van der Waals surface area contributed by atoms with Crippen LogP contribution in [0.4, 0.5) is 0 Å². The molecule has 3 rings (SSSR count). The van der Waals surface area contributed by atoms with Crippen LogP contribution in [0.5, 0.6) is 0 Å².